The summed E-state index contributed by atoms with van der Waals surface area (Å²) in [6, 6.07) is 11.0. The number of rotatable bonds is 17. The number of unbranched alkanes of at least 4 members (excludes halogenated alkanes) is 2. The molecule has 0 aromatic heterocycles. The Bertz CT molecular complexity index is 1130. The van der Waals surface area contributed by atoms with E-state index in [4.69, 9.17) is 19.3 Å². The number of carboxylic acid groups (broad SMARTS) is 1. The number of benzene rings is 2. The molecule has 2 N–H and O–H groups in total. The molecule has 212 valence electrons. The Morgan fingerprint density at radius 2 is 1.64 bits per heavy atom. The van der Waals surface area contributed by atoms with Crippen LogP contribution in [0.5, 0.6) is 17.2 Å². The zero-order valence-electron chi connectivity index (χ0n) is 23.3. The number of aliphatic carboxylic acids is 1. The van der Waals surface area contributed by atoms with Crippen LogP contribution in [0, 0.1) is 0 Å². The average molecular weight is 541 g/mol. The third-order valence-electron chi connectivity index (χ3n) is 5.99. The van der Waals surface area contributed by atoms with Gasteiger partial charge in [0.25, 0.3) is 0 Å². The van der Waals surface area contributed by atoms with Crippen LogP contribution in [-0.4, -0.2) is 62.7 Å². The predicted octanol–water partition coefficient (Wildman–Crippen LogP) is 5.18. The maximum absolute atomic E-state index is 12.3. The van der Waals surface area contributed by atoms with Crippen LogP contribution in [0.3, 0.4) is 0 Å². The molecular formula is C30H40N2O7. The maximum atomic E-state index is 12.3. The fraction of sp³-hybridized carbons (Fsp3) is 0.433. The number of carbonyl (C=O) groups excluding carboxylic acids is 2. The van der Waals surface area contributed by atoms with Crippen molar-refractivity contribution in [1.82, 2.24) is 4.90 Å². The smallest absolute Gasteiger partial charge is 0.303 e. The first-order valence-corrected chi connectivity index (χ1v) is 13.1. The zero-order valence-corrected chi connectivity index (χ0v) is 23.3. The van der Waals surface area contributed by atoms with E-state index in [0.717, 1.165) is 30.4 Å². The second kappa shape index (κ2) is 16.8. The van der Waals surface area contributed by atoms with Gasteiger partial charge in [-0.3, -0.25) is 14.4 Å². The van der Waals surface area contributed by atoms with Crippen molar-refractivity contribution in [2.45, 2.75) is 51.4 Å². The van der Waals surface area contributed by atoms with E-state index in [2.05, 4.69) is 11.4 Å². The number of aryl methyl sites for hydroxylation is 1. The van der Waals surface area contributed by atoms with E-state index in [-0.39, 0.29) is 24.7 Å². The molecule has 2 aromatic carbocycles. The maximum Gasteiger partial charge on any atom is 0.303 e. The molecule has 0 unspecified atom stereocenters. The molecule has 0 saturated carbocycles. The number of carbonyl (C=O) groups is 3. The number of nitrogens with zero attached hydrogens (tertiary/aromatic N) is 1. The predicted molar refractivity (Wildman–Crippen MR) is 151 cm³/mol. The van der Waals surface area contributed by atoms with Gasteiger partial charge in [0.1, 0.15) is 5.75 Å². The Morgan fingerprint density at radius 1 is 0.897 bits per heavy atom. The van der Waals surface area contributed by atoms with Crippen LogP contribution in [0.4, 0.5) is 5.69 Å². The summed E-state index contributed by atoms with van der Waals surface area (Å²) >= 11 is 0. The van der Waals surface area contributed by atoms with Crippen LogP contribution in [0.15, 0.2) is 42.5 Å². The van der Waals surface area contributed by atoms with E-state index in [0.29, 0.717) is 48.8 Å². The fourth-order valence-corrected chi connectivity index (χ4v) is 3.80. The van der Waals surface area contributed by atoms with Gasteiger partial charge in [0.2, 0.25) is 11.8 Å². The minimum Gasteiger partial charge on any atom is -0.493 e. The van der Waals surface area contributed by atoms with Gasteiger partial charge in [-0.1, -0.05) is 18.2 Å². The van der Waals surface area contributed by atoms with Gasteiger partial charge in [-0.25, -0.2) is 0 Å². The fourth-order valence-electron chi connectivity index (χ4n) is 3.80. The van der Waals surface area contributed by atoms with Gasteiger partial charge >= 0.3 is 5.97 Å². The second-order valence-electron chi connectivity index (χ2n) is 9.27. The number of amides is 2. The van der Waals surface area contributed by atoms with Gasteiger partial charge in [-0.15, -0.1) is 0 Å². The molecule has 0 aliphatic rings. The lowest BCUT2D eigenvalue weighted by Crippen LogP contribution is -2.21. The molecule has 0 aliphatic heterocycles. The Hall–Kier alpha value is -4.01. The lowest BCUT2D eigenvalue weighted by Gasteiger charge is -2.14. The van der Waals surface area contributed by atoms with Crippen LogP contribution in [0.1, 0.15) is 56.1 Å². The summed E-state index contributed by atoms with van der Waals surface area (Å²) in [5.74, 6) is 0.885. The monoisotopic (exact) mass is 540 g/mol. The van der Waals surface area contributed by atoms with Crippen molar-refractivity contribution >= 4 is 29.5 Å². The van der Waals surface area contributed by atoms with Gasteiger partial charge in [-0.05, 0) is 73.6 Å². The van der Waals surface area contributed by atoms with Gasteiger partial charge in [0, 0.05) is 39.0 Å². The van der Waals surface area contributed by atoms with E-state index in [9.17, 15) is 14.4 Å². The first-order chi connectivity index (χ1) is 18.7. The molecular weight excluding hydrogens is 500 g/mol. The molecule has 0 fully saturated rings. The summed E-state index contributed by atoms with van der Waals surface area (Å²) < 4.78 is 16.6. The van der Waals surface area contributed by atoms with Crippen molar-refractivity contribution in [2.75, 3.05) is 40.2 Å². The number of anilines is 1. The molecule has 2 amide bonds. The number of hydrogen-bond donors (Lipinski definition) is 2. The topological polar surface area (TPSA) is 114 Å². The van der Waals surface area contributed by atoms with Gasteiger partial charge in [0.05, 0.1) is 20.8 Å². The van der Waals surface area contributed by atoms with Crippen LogP contribution in [0.2, 0.25) is 0 Å². The molecule has 0 spiro atoms. The average Bonchev–Trinajstić information content (AvgIpc) is 2.91. The van der Waals surface area contributed by atoms with Gasteiger partial charge in [-0.2, -0.15) is 0 Å². The van der Waals surface area contributed by atoms with E-state index < -0.39 is 5.97 Å². The van der Waals surface area contributed by atoms with Crippen molar-refractivity contribution in [2.24, 2.45) is 0 Å². The number of nitrogens with one attached hydrogen (secondary N) is 1. The summed E-state index contributed by atoms with van der Waals surface area (Å²) in [7, 11) is 6.59. The molecule has 39 heavy (non-hydrogen) atoms. The van der Waals surface area contributed by atoms with Crippen LogP contribution in [0.25, 0.3) is 6.08 Å². The van der Waals surface area contributed by atoms with E-state index in [1.807, 2.05) is 24.3 Å². The number of methoxy groups -OCH3 is 2. The lowest BCUT2D eigenvalue weighted by atomic mass is 10.1. The molecule has 2 aromatic rings. The highest BCUT2D eigenvalue weighted by Crippen LogP contribution is 2.28. The summed E-state index contributed by atoms with van der Waals surface area (Å²) in [6.07, 6.45) is 8.03. The van der Waals surface area contributed by atoms with E-state index in [1.54, 1.807) is 46.5 Å². The van der Waals surface area contributed by atoms with Crippen molar-refractivity contribution < 1.29 is 33.7 Å². The van der Waals surface area contributed by atoms with Gasteiger partial charge < -0.3 is 29.5 Å². The molecule has 9 nitrogen and oxygen atoms in total. The highest BCUT2D eigenvalue weighted by molar-refractivity contribution is 5.91. The number of ether oxygens (including phenoxy) is 3. The van der Waals surface area contributed by atoms with Crippen molar-refractivity contribution in [1.29, 1.82) is 0 Å². The van der Waals surface area contributed by atoms with Crippen molar-refractivity contribution in [3.05, 3.63) is 53.6 Å². The quantitative estimate of drug-likeness (QED) is 0.266. The standard InChI is InChI=1S/C30H40N2O7/c1-32(2)29(34)12-9-11-28(33)31-24-15-17-25(23(21-24)14-18-30(35)36)39-19-8-6-5-7-10-22-13-16-26(37-3)27(20-22)38-4/h7,10,13,15-17,20-21H,5-6,8-9,11-12,14,18-19H2,1-4H3,(H,31,33)(H,35,36)/b10-7+. The zero-order chi connectivity index (χ0) is 28.6. The molecule has 0 bridgehead atoms. The molecule has 2 rings (SSSR count). The van der Waals surface area contributed by atoms with Crippen molar-refractivity contribution in [3.63, 3.8) is 0 Å². The Kier molecular flexibility index (Phi) is 13.4. The van der Waals surface area contributed by atoms with Crippen molar-refractivity contribution in [3.8, 4) is 17.2 Å². The number of allylic oxidation sites excluding steroid dienone is 1. The summed E-state index contributed by atoms with van der Waals surface area (Å²) in [6.45, 7) is 0.496. The Balaban J connectivity index is 1.84. The summed E-state index contributed by atoms with van der Waals surface area (Å²) in [5, 5.41) is 12.0. The normalized spacial score (nSPS) is 10.8. The first-order valence-electron chi connectivity index (χ1n) is 13.1. The largest absolute Gasteiger partial charge is 0.493 e. The lowest BCUT2D eigenvalue weighted by molar-refractivity contribution is -0.137. The molecule has 0 saturated heterocycles. The minimum atomic E-state index is -0.901. The minimum absolute atomic E-state index is 0.0193. The Morgan fingerprint density at radius 3 is 2.33 bits per heavy atom. The van der Waals surface area contributed by atoms with Crippen LogP contribution < -0.4 is 19.5 Å². The van der Waals surface area contributed by atoms with Gasteiger partial charge in [0.15, 0.2) is 11.5 Å². The highest BCUT2D eigenvalue weighted by atomic mass is 16.5. The number of hydrogen-bond acceptors (Lipinski definition) is 6. The summed E-state index contributed by atoms with van der Waals surface area (Å²) in [4.78, 5) is 36.6. The SMILES string of the molecule is COc1ccc(/C=C/CCCCOc2ccc(NC(=O)CCCC(=O)N(C)C)cc2CCC(=O)O)cc1OC. The molecule has 0 heterocycles. The third kappa shape index (κ3) is 11.5. The van der Waals surface area contributed by atoms with E-state index >= 15 is 0 Å². The second-order valence-corrected chi connectivity index (χ2v) is 9.27. The molecule has 0 radical (unpaired) electrons. The Labute approximate surface area is 230 Å². The van der Waals surface area contributed by atoms with Crippen LogP contribution in [-0.2, 0) is 20.8 Å². The molecule has 0 aliphatic carbocycles. The highest BCUT2D eigenvalue weighted by Gasteiger charge is 2.11. The molecule has 0 atom stereocenters. The number of carboxylic acids is 1. The van der Waals surface area contributed by atoms with Crippen LogP contribution >= 0.6 is 0 Å². The van der Waals surface area contributed by atoms with E-state index in [1.165, 1.54) is 4.90 Å². The first kappa shape index (κ1) is 31.2. The summed E-state index contributed by atoms with van der Waals surface area (Å²) in [5.41, 5.74) is 2.33. The third-order valence-corrected chi connectivity index (χ3v) is 5.99. The molecule has 9 heteroatoms.